The minimum Gasteiger partial charge on any atom is -0.389 e. The van der Waals surface area contributed by atoms with Gasteiger partial charge in [0.05, 0.1) is 19.3 Å². The highest BCUT2D eigenvalue weighted by Gasteiger charge is 2.24. The third-order valence-corrected chi connectivity index (χ3v) is 6.66. The molecule has 1 N–H and O–H groups in total. The average Bonchev–Trinajstić information content (AvgIpc) is 2.87. The summed E-state index contributed by atoms with van der Waals surface area (Å²) in [4.78, 5) is 19.1. The van der Waals surface area contributed by atoms with Crippen molar-refractivity contribution in [2.75, 3.05) is 59.0 Å². The van der Waals surface area contributed by atoms with Gasteiger partial charge in [-0.3, -0.25) is 14.6 Å². The number of β-amino-alcohol motifs (C(OH)–C–C–N with tert-alkyl or cyclic N) is 1. The summed E-state index contributed by atoms with van der Waals surface area (Å²) in [5.41, 5.74) is 2.17. The maximum absolute atomic E-state index is 12.5. The fourth-order valence-electron chi connectivity index (χ4n) is 4.76. The van der Waals surface area contributed by atoms with Crippen molar-refractivity contribution in [2.24, 2.45) is 0 Å². The fraction of sp³-hybridized carbons (Fsp3) is 0.519. The van der Waals surface area contributed by atoms with Crippen LogP contribution in [-0.2, 0) is 9.53 Å². The Morgan fingerprint density at radius 1 is 0.788 bits per heavy atom. The number of benzene rings is 2. The second-order valence-electron chi connectivity index (χ2n) is 9.21. The Hall–Kier alpha value is -2.25. The molecule has 1 atom stereocenters. The molecular weight excluding hydrogens is 414 g/mol. The molecule has 2 aromatic carbocycles. The van der Waals surface area contributed by atoms with Crippen molar-refractivity contribution in [3.8, 4) is 0 Å². The van der Waals surface area contributed by atoms with Gasteiger partial charge in [-0.2, -0.15) is 0 Å². The van der Waals surface area contributed by atoms with E-state index in [4.69, 9.17) is 4.74 Å². The summed E-state index contributed by atoms with van der Waals surface area (Å²) in [7, 11) is 0. The van der Waals surface area contributed by atoms with Crippen molar-refractivity contribution in [3.63, 3.8) is 0 Å². The number of ether oxygens (including phenoxy) is 1. The SMILES string of the molecule is O=C(CN1CCN(C[C@@H](O)COC(c2ccccc2)c2ccccc2)CC1)N1CCCCC1. The normalized spacial score (nSPS) is 19.0. The first kappa shape index (κ1) is 23.9. The smallest absolute Gasteiger partial charge is 0.236 e. The van der Waals surface area contributed by atoms with Gasteiger partial charge in [0.1, 0.15) is 6.10 Å². The van der Waals surface area contributed by atoms with E-state index in [0.29, 0.717) is 13.1 Å². The number of nitrogens with zero attached hydrogens (tertiary/aromatic N) is 3. The van der Waals surface area contributed by atoms with Crippen molar-refractivity contribution in [1.29, 1.82) is 0 Å². The number of rotatable bonds is 9. The van der Waals surface area contributed by atoms with Crippen LogP contribution in [0.25, 0.3) is 0 Å². The molecule has 178 valence electrons. The minimum atomic E-state index is -0.554. The molecule has 1 amide bonds. The van der Waals surface area contributed by atoms with Crippen LogP contribution in [0.5, 0.6) is 0 Å². The van der Waals surface area contributed by atoms with Crippen molar-refractivity contribution in [3.05, 3.63) is 71.8 Å². The Morgan fingerprint density at radius 3 is 1.91 bits per heavy atom. The van der Waals surface area contributed by atoms with E-state index in [9.17, 15) is 9.90 Å². The third kappa shape index (κ3) is 7.11. The topological polar surface area (TPSA) is 56.3 Å². The van der Waals surface area contributed by atoms with Crippen molar-refractivity contribution in [1.82, 2.24) is 14.7 Å². The lowest BCUT2D eigenvalue weighted by Gasteiger charge is -2.36. The monoisotopic (exact) mass is 451 g/mol. The molecule has 2 saturated heterocycles. The van der Waals surface area contributed by atoms with Gasteiger partial charge in [-0.1, -0.05) is 60.7 Å². The summed E-state index contributed by atoms with van der Waals surface area (Å²) < 4.78 is 6.22. The summed E-state index contributed by atoms with van der Waals surface area (Å²) in [6.07, 6.45) is 2.76. The van der Waals surface area contributed by atoms with Gasteiger partial charge in [0.25, 0.3) is 0 Å². The maximum Gasteiger partial charge on any atom is 0.236 e. The predicted molar refractivity (Wildman–Crippen MR) is 130 cm³/mol. The zero-order chi connectivity index (χ0) is 22.9. The molecule has 0 bridgehead atoms. The second-order valence-corrected chi connectivity index (χ2v) is 9.21. The molecule has 0 aliphatic carbocycles. The lowest BCUT2D eigenvalue weighted by molar-refractivity contribution is -0.133. The van der Waals surface area contributed by atoms with E-state index in [2.05, 4.69) is 34.1 Å². The maximum atomic E-state index is 12.5. The largest absolute Gasteiger partial charge is 0.389 e. The Kier molecular flexibility index (Phi) is 8.89. The molecule has 0 unspecified atom stereocenters. The molecule has 2 aliphatic heterocycles. The highest BCUT2D eigenvalue weighted by atomic mass is 16.5. The van der Waals surface area contributed by atoms with Crippen LogP contribution in [-0.4, -0.2) is 90.8 Å². The average molecular weight is 452 g/mol. The lowest BCUT2D eigenvalue weighted by Crippen LogP contribution is -2.52. The Labute approximate surface area is 197 Å². The first-order valence-corrected chi connectivity index (χ1v) is 12.3. The van der Waals surface area contributed by atoms with E-state index in [1.54, 1.807) is 0 Å². The number of aliphatic hydroxyl groups is 1. The second kappa shape index (κ2) is 12.3. The number of likely N-dealkylation sites (tertiary alicyclic amines) is 1. The fourth-order valence-corrected chi connectivity index (χ4v) is 4.76. The van der Waals surface area contributed by atoms with Gasteiger partial charge in [-0.25, -0.2) is 0 Å². The summed E-state index contributed by atoms with van der Waals surface area (Å²) in [5.74, 6) is 0.268. The van der Waals surface area contributed by atoms with E-state index in [1.165, 1.54) is 6.42 Å². The molecule has 0 saturated carbocycles. The molecule has 4 rings (SSSR count). The van der Waals surface area contributed by atoms with Crippen molar-refractivity contribution in [2.45, 2.75) is 31.5 Å². The molecule has 0 spiro atoms. The van der Waals surface area contributed by atoms with E-state index in [0.717, 1.165) is 63.2 Å². The molecule has 2 aliphatic rings. The molecule has 6 heteroatoms. The van der Waals surface area contributed by atoms with Crippen LogP contribution >= 0.6 is 0 Å². The van der Waals surface area contributed by atoms with Crippen molar-refractivity contribution >= 4 is 5.91 Å². The van der Waals surface area contributed by atoms with Crippen LogP contribution in [0, 0.1) is 0 Å². The van der Waals surface area contributed by atoms with Crippen LogP contribution in [0.1, 0.15) is 36.5 Å². The zero-order valence-electron chi connectivity index (χ0n) is 19.5. The number of carbonyl (C=O) groups excluding carboxylic acids is 1. The van der Waals surface area contributed by atoms with Crippen LogP contribution < -0.4 is 0 Å². The molecular formula is C27H37N3O3. The third-order valence-electron chi connectivity index (χ3n) is 6.66. The number of aliphatic hydroxyl groups excluding tert-OH is 1. The number of piperazine rings is 1. The summed E-state index contributed by atoms with van der Waals surface area (Å²) >= 11 is 0. The van der Waals surface area contributed by atoms with Crippen LogP contribution in [0.2, 0.25) is 0 Å². The van der Waals surface area contributed by atoms with Crippen molar-refractivity contribution < 1.29 is 14.6 Å². The molecule has 33 heavy (non-hydrogen) atoms. The predicted octanol–water partition coefficient (Wildman–Crippen LogP) is 2.78. The molecule has 6 nitrogen and oxygen atoms in total. The van der Waals surface area contributed by atoms with Crippen LogP contribution in [0.3, 0.4) is 0 Å². The van der Waals surface area contributed by atoms with E-state index < -0.39 is 6.10 Å². The minimum absolute atomic E-state index is 0.195. The van der Waals surface area contributed by atoms with E-state index in [-0.39, 0.29) is 18.6 Å². The zero-order valence-corrected chi connectivity index (χ0v) is 19.5. The number of amides is 1. The summed E-state index contributed by atoms with van der Waals surface area (Å²) in [5, 5.41) is 10.7. The Balaban J connectivity index is 1.22. The first-order valence-electron chi connectivity index (χ1n) is 12.3. The Morgan fingerprint density at radius 2 is 1.33 bits per heavy atom. The highest BCUT2D eigenvalue weighted by molar-refractivity contribution is 5.78. The van der Waals surface area contributed by atoms with Gasteiger partial charge in [0.2, 0.25) is 5.91 Å². The quantitative estimate of drug-likeness (QED) is 0.635. The van der Waals surface area contributed by atoms with Gasteiger partial charge in [0.15, 0.2) is 0 Å². The van der Waals surface area contributed by atoms with Crippen LogP contribution in [0.4, 0.5) is 0 Å². The summed E-state index contributed by atoms with van der Waals surface area (Å²) in [6.45, 7) is 6.68. The summed E-state index contributed by atoms with van der Waals surface area (Å²) in [6, 6.07) is 20.3. The van der Waals surface area contributed by atoms with Gasteiger partial charge in [-0.15, -0.1) is 0 Å². The van der Waals surface area contributed by atoms with Gasteiger partial charge < -0.3 is 14.7 Å². The van der Waals surface area contributed by atoms with Crippen LogP contribution in [0.15, 0.2) is 60.7 Å². The molecule has 2 aromatic rings. The standard InChI is InChI=1S/C27H37N3O3/c31-25(22-33-27(23-10-4-1-5-11-23)24-12-6-2-7-13-24)20-28-16-18-29(19-17-28)21-26(32)30-14-8-3-9-15-30/h1-2,4-7,10-13,25,27,31H,3,8-9,14-22H2/t25-/m1/s1. The number of hydrogen-bond donors (Lipinski definition) is 1. The molecule has 0 aromatic heterocycles. The Bertz CT molecular complexity index is 795. The molecule has 2 heterocycles. The van der Waals surface area contributed by atoms with Gasteiger partial charge >= 0.3 is 0 Å². The molecule has 0 radical (unpaired) electrons. The number of piperidine rings is 1. The van der Waals surface area contributed by atoms with Gasteiger partial charge in [0, 0.05) is 45.8 Å². The lowest BCUT2D eigenvalue weighted by atomic mass is 10.0. The number of carbonyl (C=O) groups is 1. The van der Waals surface area contributed by atoms with E-state index in [1.807, 2.05) is 41.3 Å². The first-order chi connectivity index (χ1) is 16.2. The van der Waals surface area contributed by atoms with E-state index >= 15 is 0 Å². The highest BCUT2D eigenvalue weighted by Crippen LogP contribution is 2.26. The number of hydrogen-bond acceptors (Lipinski definition) is 5. The van der Waals surface area contributed by atoms with Gasteiger partial charge in [-0.05, 0) is 30.4 Å². The molecule has 2 fully saturated rings.